The minimum absolute atomic E-state index is 0.0133. The smallest absolute Gasteiger partial charge is 0.409 e. The molecule has 2 aliphatic heterocycles. The van der Waals surface area contributed by atoms with E-state index in [-0.39, 0.29) is 18.2 Å². The van der Waals surface area contributed by atoms with E-state index in [1.165, 1.54) is 16.3 Å². The lowest BCUT2D eigenvalue weighted by Gasteiger charge is -2.37. The summed E-state index contributed by atoms with van der Waals surface area (Å²) in [5.41, 5.74) is 1.34. The zero-order valence-corrected chi connectivity index (χ0v) is 18.3. The van der Waals surface area contributed by atoms with Crippen molar-refractivity contribution in [3.05, 3.63) is 48.0 Å². The molecule has 0 unspecified atom stereocenters. The molecule has 31 heavy (non-hydrogen) atoms. The number of carbonyl (C=O) groups excluding carboxylic acids is 2. The van der Waals surface area contributed by atoms with Crippen molar-refractivity contribution in [1.29, 1.82) is 0 Å². The third-order valence-electron chi connectivity index (χ3n) is 6.28. The molecule has 2 fully saturated rings. The molecular weight excluding hydrogens is 392 g/mol. The first-order valence-corrected chi connectivity index (χ1v) is 11.3. The van der Waals surface area contributed by atoms with Crippen molar-refractivity contribution in [2.75, 3.05) is 45.9 Å². The number of nitrogens with zero attached hydrogens (tertiary/aromatic N) is 3. The molecule has 1 N–H and O–H groups in total. The van der Waals surface area contributed by atoms with E-state index in [4.69, 9.17) is 4.74 Å². The Morgan fingerprint density at radius 1 is 0.935 bits per heavy atom. The van der Waals surface area contributed by atoms with Gasteiger partial charge in [-0.05, 0) is 36.1 Å². The number of urea groups is 1. The van der Waals surface area contributed by atoms with Crippen LogP contribution in [0.15, 0.2) is 42.5 Å². The number of hydrogen-bond donors (Lipinski definition) is 1. The van der Waals surface area contributed by atoms with Crippen LogP contribution in [-0.4, -0.2) is 78.7 Å². The van der Waals surface area contributed by atoms with Crippen LogP contribution in [0.4, 0.5) is 9.59 Å². The quantitative estimate of drug-likeness (QED) is 0.818. The first kappa shape index (κ1) is 21.4. The van der Waals surface area contributed by atoms with Gasteiger partial charge in [0.25, 0.3) is 0 Å². The van der Waals surface area contributed by atoms with E-state index in [1.54, 1.807) is 4.90 Å². The van der Waals surface area contributed by atoms with Crippen molar-refractivity contribution in [3.8, 4) is 0 Å². The fourth-order valence-electron chi connectivity index (χ4n) is 4.47. The minimum Gasteiger partial charge on any atom is -0.450 e. The largest absolute Gasteiger partial charge is 0.450 e. The maximum Gasteiger partial charge on any atom is 0.409 e. The van der Waals surface area contributed by atoms with Crippen molar-refractivity contribution in [2.45, 2.75) is 32.4 Å². The summed E-state index contributed by atoms with van der Waals surface area (Å²) >= 11 is 0. The van der Waals surface area contributed by atoms with E-state index in [0.29, 0.717) is 19.7 Å². The molecule has 7 heteroatoms. The highest BCUT2D eigenvalue weighted by Crippen LogP contribution is 2.20. The van der Waals surface area contributed by atoms with Gasteiger partial charge in [0, 0.05) is 51.9 Å². The van der Waals surface area contributed by atoms with Crippen LogP contribution >= 0.6 is 0 Å². The second-order valence-corrected chi connectivity index (χ2v) is 8.31. The number of amides is 3. The van der Waals surface area contributed by atoms with Gasteiger partial charge in [-0.2, -0.15) is 0 Å². The van der Waals surface area contributed by atoms with Crippen molar-refractivity contribution >= 4 is 22.9 Å². The van der Waals surface area contributed by atoms with Gasteiger partial charge in [-0.1, -0.05) is 42.5 Å². The summed E-state index contributed by atoms with van der Waals surface area (Å²) in [7, 11) is 0. The van der Waals surface area contributed by atoms with Gasteiger partial charge in [0.05, 0.1) is 6.61 Å². The van der Waals surface area contributed by atoms with Crippen molar-refractivity contribution in [1.82, 2.24) is 20.0 Å². The molecule has 3 amide bonds. The van der Waals surface area contributed by atoms with E-state index in [1.807, 2.05) is 11.8 Å². The summed E-state index contributed by atoms with van der Waals surface area (Å²) in [5.74, 6) is 0. The van der Waals surface area contributed by atoms with E-state index >= 15 is 0 Å². The lowest BCUT2D eigenvalue weighted by atomic mass is 10.0. The second-order valence-electron chi connectivity index (χ2n) is 8.31. The van der Waals surface area contributed by atoms with Crippen molar-refractivity contribution in [2.24, 2.45) is 0 Å². The number of nitrogens with one attached hydrogen (secondary N) is 1. The zero-order valence-electron chi connectivity index (χ0n) is 18.3. The Labute approximate surface area is 183 Å². The third-order valence-corrected chi connectivity index (χ3v) is 6.28. The van der Waals surface area contributed by atoms with Crippen LogP contribution in [0.2, 0.25) is 0 Å². The van der Waals surface area contributed by atoms with Gasteiger partial charge in [-0.3, -0.25) is 4.90 Å². The Balaban J connectivity index is 1.23. The monoisotopic (exact) mass is 424 g/mol. The molecule has 0 spiro atoms. The minimum atomic E-state index is -0.255. The van der Waals surface area contributed by atoms with E-state index in [2.05, 4.69) is 52.7 Å². The number of carbonyl (C=O) groups is 2. The molecule has 2 aromatic rings. The standard InChI is InChI=1S/C24H32N4O3/c1-2-31-24(30)28-12-10-21(11-13-28)25-23(29)27-16-14-26(15-17-27)18-20-8-5-7-19-6-3-4-9-22(19)20/h3-9,21H,2,10-18H2,1H3,(H,25,29). The lowest BCUT2D eigenvalue weighted by Crippen LogP contribution is -2.55. The molecule has 166 valence electrons. The van der Waals surface area contributed by atoms with Crippen LogP contribution in [0.5, 0.6) is 0 Å². The molecule has 2 saturated heterocycles. The van der Waals surface area contributed by atoms with Crippen molar-refractivity contribution in [3.63, 3.8) is 0 Å². The number of benzene rings is 2. The first-order valence-electron chi connectivity index (χ1n) is 11.3. The average molecular weight is 425 g/mol. The van der Waals surface area contributed by atoms with Crippen LogP contribution < -0.4 is 5.32 Å². The van der Waals surface area contributed by atoms with E-state index < -0.39 is 0 Å². The average Bonchev–Trinajstić information content (AvgIpc) is 2.80. The van der Waals surface area contributed by atoms with Gasteiger partial charge in [0.15, 0.2) is 0 Å². The Kier molecular flexibility index (Phi) is 6.92. The molecule has 2 aromatic carbocycles. The second kappa shape index (κ2) is 10.0. The van der Waals surface area contributed by atoms with Crippen molar-refractivity contribution < 1.29 is 14.3 Å². The molecule has 4 rings (SSSR count). The SMILES string of the molecule is CCOC(=O)N1CCC(NC(=O)N2CCN(Cc3cccc4ccccc34)CC2)CC1. The normalized spacial score (nSPS) is 18.2. The van der Waals surface area contributed by atoms with Crippen LogP contribution in [0.1, 0.15) is 25.3 Å². The van der Waals surface area contributed by atoms with E-state index in [9.17, 15) is 9.59 Å². The maximum absolute atomic E-state index is 12.7. The molecule has 0 aromatic heterocycles. The molecule has 7 nitrogen and oxygen atoms in total. The highest BCUT2D eigenvalue weighted by Gasteiger charge is 2.27. The molecule has 0 radical (unpaired) electrons. The summed E-state index contributed by atoms with van der Waals surface area (Å²) in [6.07, 6.45) is 1.28. The van der Waals surface area contributed by atoms with Gasteiger partial charge in [-0.25, -0.2) is 9.59 Å². The van der Waals surface area contributed by atoms with Crippen LogP contribution in [0.3, 0.4) is 0 Å². The van der Waals surface area contributed by atoms with Gasteiger partial charge in [0.2, 0.25) is 0 Å². The Hall–Kier alpha value is -2.80. The van der Waals surface area contributed by atoms with Gasteiger partial charge >= 0.3 is 12.1 Å². The number of ether oxygens (including phenoxy) is 1. The molecule has 2 aliphatic rings. The summed E-state index contributed by atoms with van der Waals surface area (Å²) in [6.45, 7) is 7.58. The number of piperidine rings is 1. The van der Waals surface area contributed by atoms with E-state index in [0.717, 1.165) is 45.6 Å². The first-order chi connectivity index (χ1) is 15.1. The maximum atomic E-state index is 12.7. The number of fused-ring (bicyclic) bond motifs is 1. The number of rotatable bonds is 4. The predicted octanol–water partition coefficient (Wildman–Crippen LogP) is 3.29. The zero-order chi connectivity index (χ0) is 21.6. The summed E-state index contributed by atoms with van der Waals surface area (Å²) in [6, 6.07) is 15.1. The Bertz CT molecular complexity index is 897. The topological polar surface area (TPSA) is 65.1 Å². The summed E-state index contributed by atoms with van der Waals surface area (Å²) in [4.78, 5) is 30.6. The van der Waals surface area contributed by atoms with Crippen LogP contribution in [-0.2, 0) is 11.3 Å². The molecule has 0 bridgehead atoms. The van der Waals surface area contributed by atoms with Gasteiger partial charge in [-0.15, -0.1) is 0 Å². The van der Waals surface area contributed by atoms with Crippen LogP contribution in [0.25, 0.3) is 10.8 Å². The summed E-state index contributed by atoms with van der Waals surface area (Å²) in [5, 5.41) is 5.73. The molecule has 0 saturated carbocycles. The molecule has 0 atom stereocenters. The predicted molar refractivity (Wildman–Crippen MR) is 121 cm³/mol. The van der Waals surface area contributed by atoms with Gasteiger partial charge in [0.1, 0.15) is 0 Å². The fourth-order valence-corrected chi connectivity index (χ4v) is 4.47. The molecule has 2 heterocycles. The Morgan fingerprint density at radius 3 is 2.39 bits per heavy atom. The molecule has 0 aliphatic carbocycles. The Morgan fingerprint density at radius 2 is 1.65 bits per heavy atom. The highest BCUT2D eigenvalue weighted by atomic mass is 16.6. The third kappa shape index (κ3) is 5.28. The summed E-state index contributed by atoms with van der Waals surface area (Å²) < 4.78 is 5.06. The highest BCUT2D eigenvalue weighted by molar-refractivity contribution is 5.85. The fraction of sp³-hybridized carbons (Fsp3) is 0.500. The number of hydrogen-bond acceptors (Lipinski definition) is 4. The van der Waals surface area contributed by atoms with Gasteiger partial charge < -0.3 is 19.9 Å². The van der Waals surface area contributed by atoms with Crippen LogP contribution in [0, 0.1) is 0 Å². The number of piperazine rings is 1. The lowest BCUT2D eigenvalue weighted by molar-refractivity contribution is 0.0939. The molecular formula is C24H32N4O3. The number of likely N-dealkylation sites (tertiary alicyclic amines) is 1.